The molecule has 1 fully saturated rings. The number of carbonyl (C=O) groups excluding carboxylic acids is 2. The summed E-state index contributed by atoms with van der Waals surface area (Å²) in [6, 6.07) is 8.72. The largest absolute Gasteiger partial charge is 0.467 e. The van der Waals surface area contributed by atoms with Crippen LogP contribution in [-0.2, 0) is 27.7 Å². The van der Waals surface area contributed by atoms with Crippen molar-refractivity contribution in [2.24, 2.45) is 7.05 Å². The number of esters is 1. The number of aromatic nitrogens is 2. The molecule has 1 aliphatic heterocycles. The van der Waals surface area contributed by atoms with Gasteiger partial charge < -0.3 is 24.6 Å². The van der Waals surface area contributed by atoms with Crippen LogP contribution in [0.5, 0.6) is 0 Å². The van der Waals surface area contributed by atoms with E-state index in [1.165, 1.54) is 35.9 Å². The maximum absolute atomic E-state index is 15.1. The molecule has 3 aromatic carbocycles. The van der Waals surface area contributed by atoms with Crippen LogP contribution in [0, 0.1) is 11.6 Å². The van der Waals surface area contributed by atoms with Crippen LogP contribution in [0.1, 0.15) is 15.9 Å². The van der Waals surface area contributed by atoms with Crippen molar-refractivity contribution in [3.8, 4) is 5.69 Å². The Morgan fingerprint density at radius 1 is 1.02 bits per heavy atom. The van der Waals surface area contributed by atoms with Crippen molar-refractivity contribution >= 4 is 34.2 Å². The van der Waals surface area contributed by atoms with E-state index in [4.69, 9.17) is 9.47 Å². The molecular formula is C33H32F5N5O6. The van der Waals surface area contributed by atoms with Crippen LogP contribution in [0.4, 0.5) is 33.3 Å². The van der Waals surface area contributed by atoms with Gasteiger partial charge in [-0.25, -0.2) is 22.9 Å². The van der Waals surface area contributed by atoms with Gasteiger partial charge in [-0.2, -0.15) is 13.2 Å². The third-order valence-electron chi connectivity index (χ3n) is 8.29. The maximum Gasteiger partial charge on any atom is 0.411 e. The number of aryl methyl sites for hydroxylation is 1. The third kappa shape index (κ3) is 6.99. The standard InChI is InChI=1S/C33H32F5N5O6/c1-40(2)20-9-10-26-22(14-20)30(45)43(32(47)41(26)3)19-7-5-18(6-8-19)13-25(31(46)48-4)39-29(44)28-23(34)15-21(16-24(28)35)42-11-12-49-17-27(42)33(36,37)38/h5-10,14-16,25,27H,11-13,17H2,1-4H3,(H,39,44)/t25-,27+/m0/s1. The molecule has 0 saturated carbocycles. The summed E-state index contributed by atoms with van der Waals surface area (Å²) >= 11 is 0. The number of nitrogens with zero attached hydrogens (tertiary/aromatic N) is 4. The third-order valence-corrected chi connectivity index (χ3v) is 8.29. The number of rotatable bonds is 8. The number of halogens is 5. The molecule has 260 valence electrons. The highest BCUT2D eigenvalue weighted by atomic mass is 19.4. The number of nitrogens with one attached hydrogen (secondary N) is 1. The van der Waals surface area contributed by atoms with Crippen LogP contribution >= 0.6 is 0 Å². The van der Waals surface area contributed by atoms with Crippen LogP contribution in [-0.4, -0.2) is 80.2 Å². The van der Waals surface area contributed by atoms with E-state index in [9.17, 15) is 32.3 Å². The normalized spacial score (nSPS) is 15.6. The molecule has 0 radical (unpaired) electrons. The summed E-state index contributed by atoms with van der Waals surface area (Å²) in [5.74, 6) is -5.17. The molecule has 49 heavy (non-hydrogen) atoms. The molecule has 1 amide bonds. The zero-order valence-electron chi connectivity index (χ0n) is 26.8. The van der Waals surface area contributed by atoms with E-state index in [1.54, 1.807) is 18.2 Å². The highest BCUT2D eigenvalue weighted by Crippen LogP contribution is 2.32. The Balaban J connectivity index is 1.39. The Morgan fingerprint density at radius 2 is 1.67 bits per heavy atom. The van der Waals surface area contributed by atoms with Gasteiger partial charge in [-0.3, -0.25) is 14.2 Å². The molecule has 16 heteroatoms. The second-order valence-electron chi connectivity index (χ2n) is 11.6. The van der Waals surface area contributed by atoms with Crippen molar-refractivity contribution in [1.29, 1.82) is 0 Å². The lowest BCUT2D eigenvalue weighted by atomic mass is 10.0. The summed E-state index contributed by atoms with van der Waals surface area (Å²) < 4.78 is 82.9. The molecule has 2 atom stereocenters. The van der Waals surface area contributed by atoms with Gasteiger partial charge in [-0.1, -0.05) is 12.1 Å². The molecule has 0 bridgehead atoms. The van der Waals surface area contributed by atoms with E-state index >= 15 is 8.78 Å². The highest BCUT2D eigenvalue weighted by molar-refractivity contribution is 5.97. The molecule has 0 aliphatic carbocycles. The molecule has 4 aromatic rings. The van der Waals surface area contributed by atoms with Gasteiger partial charge in [0.2, 0.25) is 0 Å². The Kier molecular flexibility index (Phi) is 9.80. The Bertz CT molecular complexity index is 2000. The number of ether oxygens (including phenoxy) is 2. The summed E-state index contributed by atoms with van der Waals surface area (Å²) in [5.41, 5.74) is -0.839. The van der Waals surface area contributed by atoms with E-state index in [2.05, 4.69) is 5.32 Å². The SMILES string of the molecule is COC(=O)[C@H](Cc1ccc(-n2c(=O)c3cc(N(C)C)ccc3n(C)c2=O)cc1)NC(=O)c1c(F)cc(N2CCOC[C@@H]2C(F)(F)F)cc1F. The number of carbonyl (C=O) groups is 2. The average molecular weight is 690 g/mol. The van der Waals surface area contributed by atoms with Gasteiger partial charge in [0.05, 0.1) is 36.9 Å². The number of hydrogen-bond acceptors (Lipinski definition) is 8. The Hall–Kier alpha value is -5.25. The molecule has 2 heterocycles. The second kappa shape index (κ2) is 13.7. The zero-order chi connectivity index (χ0) is 35.8. The number of morpholine rings is 1. The quantitative estimate of drug-likeness (QED) is 0.222. The molecule has 1 saturated heterocycles. The fraction of sp³-hybridized carbons (Fsp3) is 0.333. The molecular weight excluding hydrogens is 657 g/mol. The van der Waals surface area contributed by atoms with Gasteiger partial charge in [-0.05, 0) is 48.0 Å². The number of amides is 1. The van der Waals surface area contributed by atoms with E-state index in [0.717, 1.165) is 22.3 Å². The minimum atomic E-state index is -4.74. The predicted molar refractivity (Wildman–Crippen MR) is 170 cm³/mol. The Morgan fingerprint density at radius 3 is 2.27 bits per heavy atom. The van der Waals surface area contributed by atoms with E-state index in [1.807, 2.05) is 19.0 Å². The summed E-state index contributed by atoms with van der Waals surface area (Å²) in [6.07, 6.45) is -4.97. The first-order valence-electron chi connectivity index (χ1n) is 14.9. The average Bonchev–Trinajstić information content (AvgIpc) is 3.06. The van der Waals surface area contributed by atoms with Crippen molar-refractivity contribution in [3.63, 3.8) is 0 Å². The lowest BCUT2D eigenvalue weighted by molar-refractivity contribution is -0.167. The molecule has 0 unspecified atom stereocenters. The van der Waals surface area contributed by atoms with Gasteiger partial charge in [0.1, 0.15) is 29.3 Å². The van der Waals surface area contributed by atoms with Crippen molar-refractivity contribution in [2.45, 2.75) is 24.7 Å². The molecule has 11 nitrogen and oxygen atoms in total. The molecule has 1 aromatic heterocycles. The molecule has 5 rings (SSSR count). The monoisotopic (exact) mass is 689 g/mol. The first-order chi connectivity index (χ1) is 23.1. The van der Waals surface area contributed by atoms with Gasteiger partial charge >= 0.3 is 17.8 Å². The van der Waals surface area contributed by atoms with Gasteiger partial charge in [0, 0.05) is 45.5 Å². The minimum absolute atomic E-state index is 0.104. The van der Waals surface area contributed by atoms with E-state index in [-0.39, 0.29) is 25.3 Å². The van der Waals surface area contributed by atoms with Gasteiger partial charge in [-0.15, -0.1) is 0 Å². The Labute approximate surface area is 276 Å². The second-order valence-corrected chi connectivity index (χ2v) is 11.6. The highest BCUT2D eigenvalue weighted by Gasteiger charge is 2.46. The molecule has 0 spiro atoms. The van der Waals surface area contributed by atoms with Gasteiger partial charge in [0.15, 0.2) is 0 Å². The van der Waals surface area contributed by atoms with Crippen LogP contribution in [0.3, 0.4) is 0 Å². The summed E-state index contributed by atoms with van der Waals surface area (Å²) in [6.45, 7) is -1.13. The zero-order valence-corrected chi connectivity index (χ0v) is 26.8. The predicted octanol–water partition coefficient (Wildman–Crippen LogP) is 3.32. The summed E-state index contributed by atoms with van der Waals surface area (Å²) in [5, 5.41) is 2.54. The summed E-state index contributed by atoms with van der Waals surface area (Å²) in [7, 11) is 6.21. The number of alkyl halides is 3. The molecule has 1 aliphatic rings. The van der Waals surface area contributed by atoms with Crippen molar-refractivity contribution in [2.75, 3.05) is 50.8 Å². The lowest BCUT2D eigenvalue weighted by Crippen LogP contribution is -2.53. The summed E-state index contributed by atoms with van der Waals surface area (Å²) in [4.78, 5) is 54.9. The number of methoxy groups -OCH3 is 1. The fourth-order valence-electron chi connectivity index (χ4n) is 5.66. The van der Waals surface area contributed by atoms with Crippen LogP contribution in [0.2, 0.25) is 0 Å². The van der Waals surface area contributed by atoms with E-state index in [0.29, 0.717) is 28.6 Å². The molecule has 1 N–H and O–H groups in total. The van der Waals surface area contributed by atoms with Crippen LogP contribution in [0.15, 0.2) is 64.2 Å². The smallest absolute Gasteiger partial charge is 0.411 e. The fourth-order valence-corrected chi connectivity index (χ4v) is 5.66. The van der Waals surface area contributed by atoms with E-state index < -0.39 is 70.9 Å². The minimum Gasteiger partial charge on any atom is -0.467 e. The van der Waals surface area contributed by atoms with Crippen LogP contribution in [0.25, 0.3) is 16.6 Å². The first kappa shape index (κ1) is 35.1. The van der Waals surface area contributed by atoms with Crippen molar-refractivity contribution in [3.05, 3.63) is 98.2 Å². The number of benzene rings is 3. The first-order valence-corrected chi connectivity index (χ1v) is 14.9. The van der Waals surface area contributed by atoms with Crippen molar-refractivity contribution < 1.29 is 41.0 Å². The number of hydrogen-bond donors (Lipinski definition) is 1. The number of anilines is 2. The van der Waals surface area contributed by atoms with Gasteiger partial charge in [0.25, 0.3) is 11.5 Å². The lowest BCUT2D eigenvalue weighted by Gasteiger charge is -2.38. The van der Waals surface area contributed by atoms with Crippen molar-refractivity contribution in [1.82, 2.24) is 14.5 Å². The van der Waals surface area contributed by atoms with Crippen LogP contribution < -0.4 is 26.4 Å². The topological polar surface area (TPSA) is 115 Å². The maximum atomic E-state index is 15.1. The number of fused-ring (bicyclic) bond motifs is 1.